The third-order valence-electron chi connectivity index (χ3n) is 2.43. The number of nitrogens with two attached hydrogens (primary N) is 1. The maximum absolute atomic E-state index is 13.4. The van der Waals surface area contributed by atoms with Gasteiger partial charge in [-0.15, -0.1) is 11.3 Å². The number of halogens is 2. The van der Waals surface area contributed by atoms with Crippen molar-refractivity contribution >= 4 is 50.1 Å². The highest BCUT2D eigenvalue weighted by molar-refractivity contribution is 9.10. The average Bonchev–Trinajstić information content (AvgIpc) is 2.77. The number of nitrogens with one attached hydrogen (secondary N) is 1. The molecule has 0 aliphatic carbocycles. The first-order valence-electron chi connectivity index (χ1n) is 5.64. The van der Waals surface area contributed by atoms with Crippen LogP contribution in [0.5, 0.6) is 0 Å². The van der Waals surface area contributed by atoms with Crippen LogP contribution < -0.4 is 16.1 Å². The van der Waals surface area contributed by atoms with Crippen molar-refractivity contribution in [3.8, 4) is 0 Å². The lowest BCUT2D eigenvalue weighted by atomic mass is 10.2. The molecule has 8 heteroatoms. The second kappa shape index (κ2) is 6.19. The SMILES string of the molecule is CN(C)c1cc(F)cc(Br)c1C=NNc1nc(N)cs1. The van der Waals surface area contributed by atoms with E-state index in [1.165, 1.54) is 23.5 Å². The molecule has 0 aliphatic heterocycles. The molecule has 106 valence electrons. The molecule has 1 heterocycles. The normalized spacial score (nSPS) is 11.0. The van der Waals surface area contributed by atoms with Gasteiger partial charge in [-0.2, -0.15) is 5.10 Å². The number of hydrogen-bond acceptors (Lipinski definition) is 6. The van der Waals surface area contributed by atoms with E-state index in [0.29, 0.717) is 15.4 Å². The van der Waals surface area contributed by atoms with E-state index in [2.05, 4.69) is 31.4 Å². The van der Waals surface area contributed by atoms with Gasteiger partial charge in [0.2, 0.25) is 5.13 Å². The third-order valence-corrected chi connectivity index (χ3v) is 3.85. The Kier molecular flexibility index (Phi) is 4.56. The summed E-state index contributed by atoms with van der Waals surface area (Å²) in [6.07, 6.45) is 1.61. The van der Waals surface area contributed by atoms with E-state index in [4.69, 9.17) is 5.73 Å². The maximum Gasteiger partial charge on any atom is 0.205 e. The molecule has 0 fully saturated rings. The van der Waals surface area contributed by atoms with Crippen LogP contribution in [-0.2, 0) is 0 Å². The molecule has 0 unspecified atom stereocenters. The van der Waals surface area contributed by atoms with Crippen LogP contribution in [0.3, 0.4) is 0 Å². The molecular weight excluding hydrogens is 345 g/mol. The van der Waals surface area contributed by atoms with Crippen molar-refractivity contribution in [1.29, 1.82) is 0 Å². The van der Waals surface area contributed by atoms with Crippen LogP contribution in [0.1, 0.15) is 5.56 Å². The van der Waals surface area contributed by atoms with Crippen molar-refractivity contribution in [2.45, 2.75) is 0 Å². The minimum Gasteiger partial charge on any atom is -0.383 e. The molecule has 1 aromatic heterocycles. The minimum absolute atomic E-state index is 0.307. The molecule has 0 amide bonds. The van der Waals surface area contributed by atoms with Gasteiger partial charge >= 0.3 is 0 Å². The van der Waals surface area contributed by atoms with E-state index < -0.39 is 0 Å². The lowest BCUT2D eigenvalue weighted by Crippen LogP contribution is -2.12. The Morgan fingerprint density at radius 1 is 1.50 bits per heavy atom. The Bertz CT molecular complexity index is 641. The number of nitrogens with zero attached hydrogens (tertiary/aromatic N) is 3. The van der Waals surface area contributed by atoms with E-state index in [0.717, 1.165) is 11.3 Å². The molecule has 2 aromatic rings. The standard InChI is InChI=1S/C12H13BrFN5S/c1-19(2)10-4-7(14)3-9(13)8(10)5-16-18-12-17-11(15)6-20-12/h3-6H,15H2,1-2H3,(H,17,18). The number of thiazole rings is 1. The highest BCUT2D eigenvalue weighted by Crippen LogP contribution is 2.27. The van der Waals surface area contributed by atoms with Crippen LogP contribution in [0.2, 0.25) is 0 Å². The highest BCUT2D eigenvalue weighted by Gasteiger charge is 2.09. The molecule has 0 aliphatic rings. The third kappa shape index (κ3) is 3.45. The number of hydrogen-bond donors (Lipinski definition) is 2. The predicted molar refractivity (Wildman–Crippen MR) is 86.2 cm³/mol. The van der Waals surface area contributed by atoms with Crippen LogP contribution in [0, 0.1) is 5.82 Å². The van der Waals surface area contributed by atoms with Gasteiger partial charge in [0, 0.05) is 35.2 Å². The van der Waals surface area contributed by atoms with Crippen LogP contribution >= 0.6 is 27.3 Å². The summed E-state index contributed by atoms with van der Waals surface area (Å²) in [6, 6.07) is 2.85. The average molecular weight is 358 g/mol. The van der Waals surface area contributed by atoms with E-state index >= 15 is 0 Å². The zero-order valence-corrected chi connectivity index (χ0v) is 13.3. The van der Waals surface area contributed by atoms with E-state index in [1.807, 2.05) is 19.0 Å². The number of hydrazone groups is 1. The number of benzene rings is 1. The predicted octanol–water partition coefficient (Wildman–Crippen LogP) is 3.14. The molecule has 20 heavy (non-hydrogen) atoms. The number of nitrogen functional groups attached to an aromatic ring is 1. The van der Waals surface area contributed by atoms with Gasteiger partial charge in [-0.3, -0.25) is 5.43 Å². The molecule has 0 saturated carbocycles. The van der Waals surface area contributed by atoms with Crippen LogP contribution in [0.4, 0.5) is 21.0 Å². The summed E-state index contributed by atoms with van der Waals surface area (Å²) in [4.78, 5) is 5.84. The van der Waals surface area contributed by atoms with Gasteiger partial charge in [-0.05, 0) is 28.1 Å². The zero-order valence-electron chi connectivity index (χ0n) is 10.9. The molecule has 3 N–H and O–H groups in total. The Morgan fingerprint density at radius 2 is 2.25 bits per heavy atom. The second-order valence-electron chi connectivity index (χ2n) is 4.16. The molecule has 2 rings (SSSR count). The molecule has 0 spiro atoms. The van der Waals surface area contributed by atoms with Gasteiger partial charge in [-0.1, -0.05) is 0 Å². The topological polar surface area (TPSA) is 66.5 Å². The van der Waals surface area contributed by atoms with Crippen molar-refractivity contribution in [2.24, 2.45) is 5.10 Å². The van der Waals surface area contributed by atoms with E-state index in [1.54, 1.807) is 11.6 Å². The van der Waals surface area contributed by atoms with Gasteiger partial charge in [0.1, 0.15) is 11.6 Å². The summed E-state index contributed by atoms with van der Waals surface area (Å²) < 4.78 is 14.0. The summed E-state index contributed by atoms with van der Waals surface area (Å²) >= 11 is 4.70. The van der Waals surface area contributed by atoms with Crippen LogP contribution in [0.15, 0.2) is 27.1 Å². The van der Waals surface area contributed by atoms with Crippen molar-refractivity contribution in [3.63, 3.8) is 0 Å². The van der Waals surface area contributed by atoms with E-state index in [9.17, 15) is 4.39 Å². The first kappa shape index (κ1) is 14.7. The highest BCUT2D eigenvalue weighted by atomic mass is 79.9. The Balaban J connectivity index is 2.24. The summed E-state index contributed by atoms with van der Waals surface area (Å²) in [5.74, 6) is 0.142. The maximum atomic E-state index is 13.4. The van der Waals surface area contributed by atoms with Crippen molar-refractivity contribution in [2.75, 3.05) is 30.2 Å². The number of rotatable bonds is 4. The largest absolute Gasteiger partial charge is 0.383 e. The van der Waals surface area contributed by atoms with Crippen LogP contribution in [-0.4, -0.2) is 25.3 Å². The lowest BCUT2D eigenvalue weighted by molar-refractivity contribution is 0.626. The Morgan fingerprint density at radius 3 is 2.85 bits per heavy atom. The molecule has 0 saturated heterocycles. The van der Waals surface area contributed by atoms with Gasteiger partial charge in [0.05, 0.1) is 6.21 Å². The fourth-order valence-corrected chi connectivity index (χ4v) is 2.63. The Hall–Kier alpha value is -1.67. The lowest BCUT2D eigenvalue weighted by Gasteiger charge is -2.16. The molecule has 0 radical (unpaired) electrons. The fourth-order valence-electron chi connectivity index (χ4n) is 1.56. The molecular formula is C12H13BrFN5S. The molecule has 0 bridgehead atoms. The quantitative estimate of drug-likeness (QED) is 0.651. The minimum atomic E-state index is -0.307. The van der Waals surface area contributed by atoms with Gasteiger partial charge in [0.25, 0.3) is 0 Å². The summed E-state index contributed by atoms with van der Waals surface area (Å²) in [5.41, 5.74) is 9.80. The summed E-state index contributed by atoms with van der Waals surface area (Å²) in [5, 5.41) is 6.42. The smallest absolute Gasteiger partial charge is 0.205 e. The van der Waals surface area contributed by atoms with Crippen LogP contribution in [0.25, 0.3) is 0 Å². The van der Waals surface area contributed by atoms with Gasteiger partial charge in [0.15, 0.2) is 0 Å². The number of anilines is 3. The van der Waals surface area contributed by atoms with Crippen molar-refractivity contribution in [1.82, 2.24) is 4.98 Å². The fraction of sp³-hybridized carbons (Fsp3) is 0.167. The van der Waals surface area contributed by atoms with E-state index in [-0.39, 0.29) is 5.82 Å². The number of aromatic nitrogens is 1. The molecule has 1 aromatic carbocycles. The van der Waals surface area contributed by atoms with Gasteiger partial charge < -0.3 is 10.6 Å². The Labute approximate surface area is 128 Å². The second-order valence-corrected chi connectivity index (χ2v) is 5.87. The van der Waals surface area contributed by atoms with Crippen molar-refractivity contribution < 1.29 is 4.39 Å². The first-order chi connectivity index (χ1) is 9.47. The van der Waals surface area contributed by atoms with Gasteiger partial charge in [-0.25, -0.2) is 9.37 Å². The summed E-state index contributed by atoms with van der Waals surface area (Å²) in [7, 11) is 3.68. The molecule has 5 nitrogen and oxygen atoms in total. The first-order valence-corrected chi connectivity index (χ1v) is 7.31. The zero-order chi connectivity index (χ0) is 14.7. The monoisotopic (exact) mass is 357 g/mol. The van der Waals surface area contributed by atoms with Crippen molar-refractivity contribution in [3.05, 3.63) is 33.4 Å². The summed E-state index contributed by atoms with van der Waals surface area (Å²) in [6.45, 7) is 0. The molecule has 0 atom stereocenters.